The second-order valence-electron chi connectivity index (χ2n) is 8.61. The highest BCUT2D eigenvalue weighted by atomic mass is 32.1. The Bertz CT molecular complexity index is 1320. The van der Waals surface area contributed by atoms with E-state index in [0.29, 0.717) is 18.1 Å². The van der Waals surface area contributed by atoms with Crippen LogP contribution < -0.4 is 15.1 Å². The second-order valence-corrected chi connectivity index (χ2v) is 9.47. The minimum absolute atomic E-state index is 0.0660. The molecule has 4 aromatic rings. The Labute approximate surface area is 207 Å². The van der Waals surface area contributed by atoms with E-state index >= 15 is 0 Å². The predicted molar refractivity (Wildman–Crippen MR) is 136 cm³/mol. The molecule has 7 nitrogen and oxygen atoms in total. The van der Waals surface area contributed by atoms with Gasteiger partial charge in [-0.1, -0.05) is 36.4 Å². The van der Waals surface area contributed by atoms with E-state index in [2.05, 4.69) is 22.8 Å². The molecule has 3 heterocycles. The maximum atomic E-state index is 13.5. The molecule has 0 spiro atoms. The number of nitrogens with one attached hydrogen (secondary N) is 2. The monoisotopic (exact) mass is 492 g/mol. The van der Waals surface area contributed by atoms with Gasteiger partial charge >= 0.3 is 0 Å². The number of morpholine rings is 1. The van der Waals surface area contributed by atoms with Crippen molar-refractivity contribution in [1.82, 2.24) is 9.97 Å². The first kappa shape index (κ1) is 23.3. The number of thiophene rings is 1. The van der Waals surface area contributed by atoms with Gasteiger partial charge in [-0.25, -0.2) is 14.4 Å². The number of ether oxygens (including phenoxy) is 1. The van der Waals surface area contributed by atoms with Crippen molar-refractivity contribution in [3.8, 4) is 11.1 Å². The molecule has 1 aliphatic rings. The lowest BCUT2D eigenvalue weighted by molar-refractivity contribution is -0.922. The quantitative estimate of drug-likeness (QED) is 0.415. The van der Waals surface area contributed by atoms with Crippen molar-refractivity contribution in [1.29, 1.82) is 0 Å². The van der Waals surface area contributed by atoms with Crippen molar-refractivity contribution >= 4 is 39.0 Å². The number of fused-ring (bicyclic) bond motifs is 1. The van der Waals surface area contributed by atoms with Crippen molar-refractivity contribution in [3.63, 3.8) is 0 Å². The number of rotatable bonds is 7. The van der Waals surface area contributed by atoms with E-state index in [0.717, 1.165) is 53.5 Å². The molecule has 1 aliphatic heterocycles. The van der Waals surface area contributed by atoms with E-state index in [1.165, 1.54) is 17.0 Å². The summed E-state index contributed by atoms with van der Waals surface area (Å²) in [6.45, 7) is 4.08. The van der Waals surface area contributed by atoms with Gasteiger partial charge in [-0.3, -0.25) is 4.79 Å². The van der Waals surface area contributed by atoms with Crippen LogP contribution in [0.5, 0.6) is 0 Å². The summed E-state index contributed by atoms with van der Waals surface area (Å²) in [6, 6.07) is 16.0. The molecule has 2 N–H and O–H groups in total. The number of hydrogen-bond acceptors (Lipinski definition) is 6. The minimum Gasteiger partial charge on any atom is -0.370 e. The maximum Gasteiger partial charge on any atom is 0.243 e. The van der Waals surface area contributed by atoms with E-state index in [1.54, 1.807) is 23.5 Å². The average molecular weight is 493 g/mol. The van der Waals surface area contributed by atoms with Crippen LogP contribution in [0.15, 0.2) is 60.0 Å². The number of quaternary nitrogens is 1. The van der Waals surface area contributed by atoms with Crippen LogP contribution in [0.2, 0.25) is 0 Å². The summed E-state index contributed by atoms with van der Waals surface area (Å²) >= 11 is 1.59. The van der Waals surface area contributed by atoms with Crippen molar-refractivity contribution < 1.29 is 18.8 Å². The number of aromatic nitrogens is 2. The van der Waals surface area contributed by atoms with Crippen LogP contribution >= 0.6 is 11.3 Å². The van der Waals surface area contributed by atoms with Gasteiger partial charge in [-0.15, -0.1) is 11.3 Å². The molecule has 1 saturated heterocycles. The van der Waals surface area contributed by atoms with Gasteiger partial charge in [0.15, 0.2) is 5.82 Å². The molecular weight excluding hydrogens is 465 g/mol. The van der Waals surface area contributed by atoms with Crippen molar-refractivity contribution in [2.75, 3.05) is 50.1 Å². The Morgan fingerprint density at radius 1 is 1.14 bits per heavy atom. The van der Waals surface area contributed by atoms with E-state index < -0.39 is 5.82 Å². The smallest absolute Gasteiger partial charge is 0.243 e. The van der Waals surface area contributed by atoms with Gasteiger partial charge in [0.25, 0.3) is 0 Å². The van der Waals surface area contributed by atoms with Crippen molar-refractivity contribution in [2.24, 2.45) is 0 Å². The summed E-state index contributed by atoms with van der Waals surface area (Å²) in [7, 11) is 1.85. The molecule has 1 fully saturated rings. The molecule has 0 saturated carbocycles. The third-order valence-electron chi connectivity index (χ3n) is 6.00. The number of carbonyl (C=O) groups is 1. The van der Waals surface area contributed by atoms with Crippen LogP contribution in [-0.2, 0) is 16.1 Å². The van der Waals surface area contributed by atoms with Crippen molar-refractivity contribution in [2.45, 2.75) is 6.54 Å². The van der Waals surface area contributed by atoms with Gasteiger partial charge in [0.2, 0.25) is 5.91 Å². The average Bonchev–Trinajstić information content (AvgIpc) is 3.28. The second kappa shape index (κ2) is 10.5. The first-order valence-electron chi connectivity index (χ1n) is 11.6. The number of amides is 1. The van der Waals surface area contributed by atoms with Gasteiger partial charge < -0.3 is 19.9 Å². The first-order chi connectivity index (χ1) is 17.1. The SMILES string of the molecule is CN(CC(=O)Nc1cccc(F)c1)c1nc(C[NH+]2CCOCC2)nc2scc(-c3ccccc3)c12. The molecule has 2 aromatic heterocycles. The fourth-order valence-electron chi connectivity index (χ4n) is 4.27. The molecule has 0 unspecified atom stereocenters. The van der Waals surface area contributed by atoms with Crippen LogP contribution in [0.4, 0.5) is 15.9 Å². The fraction of sp³-hybridized carbons (Fsp3) is 0.269. The van der Waals surface area contributed by atoms with Gasteiger partial charge in [0.05, 0.1) is 25.1 Å². The van der Waals surface area contributed by atoms with Crippen LogP contribution in [0, 0.1) is 5.82 Å². The van der Waals surface area contributed by atoms with Crippen LogP contribution in [-0.4, -0.2) is 55.8 Å². The zero-order valence-corrected chi connectivity index (χ0v) is 20.3. The third-order valence-corrected chi connectivity index (χ3v) is 6.88. The molecule has 180 valence electrons. The Balaban J connectivity index is 1.47. The molecule has 0 atom stereocenters. The molecule has 1 amide bonds. The summed E-state index contributed by atoms with van der Waals surface area (Å²) in [4.78, 5) is 26.8. The van der Waals surface area contributed by atoms with Gasteiger partial charge in [-0.2, -0.15) is 0 Å². The zero-order valence-electron chi connectivity index (χ0n) is 19.5. The Hall–Kier alpha value is -3.40. The van der Waals surface area contributed by atoms with Crippen LogP contribution in [0.1, 0.15) is 5.82 Å². The number of hydrogen-bond donors (Lipinski definition) is 2. The van der Waals surface area contributed by atoms with E-state index in [9.17, 15) is 9.18 Å². The molecular formula is C26H27FN5O2S+. The number of nitrogens with zero attached hydrogens (tertiary/aromatic N) is 3. The standard InChI is InChI=1S/C26H26FN5O2S/c1-31(16-23(33)28-20-9-5-8-19(27)14-20)25-24-21(18-6-3-2-4-7-18)17-35-26(24)30-22(29-25)15-32-10-12-34-13-11-32/h2-9,14,17H,10-13,15-16H2,1H3,(H,28,33)/p+1. The Morgan fingerprint density at radius 2 is 1.94 bits per heavy atom. The molecule has 5 rings (SSSR count). The highest BCUT2D eigenvalue weighted by Gasteiger charge is 2.22. The van der Waals surface area contributed by atoms with E-state index in [4.69, 9.17) is 14.7 Å². The maximum absolute atomic E-state index is 13.5. The summed E-state index contributed by atoms with van der Waals surface area (Å²) in [5.74, 6) is 0.826. The predicted octanol–water partition coefficient (Wildman–Crippen LogP) is 2.99. The lowest BCUT2D eigenvalue weighted by Gasteiger charge is -2.24. The minimum atomic E-state index is -0.394. The highest BCUT2D eigenvalue weighted by molar-refractivity contribution is 7.17. The van der Waals surface area contributed by atoms with E-state index in [-0.39, 0.29) is 12.5 Å². The summed E-state index contributed by atoms with van der Waals surface area (Å²) in [5.41, 5.74) is 2.55. The molecule has 0 radical (unpaired) electrons. The molecule has 35 heavy (non-hydrogen) atoms. The lowest BCUT2D eigenvalue weighted by atomic mass is 10.1. The van der Waals surface area contributed by atoms with E-state index in [1.807, 2.05) is 30.1 Å². The van der Waals surface area contributed by atoms with Gasteiger partial charge in [0.1, 0.15) is 36.1 Å². The van der Waals surface area contributed by atoms with Gasteiger partial charge in [-0.05, 0) is 23.8 Å². The third kappa shape index (κ3) is 5.48. The van der Waals surface area contributed by atoms with Gasteiger partial charge in [0, 0.05) is 23.7 Å². The number of likely N-dealkylation sites (N-methyl/N-ethyl adjacent to an activating group) is 1. The number of carbonyl (C=O) groups excluding carboxylic acids is 1. The number of halogens is 1. The largest absolute Gasteiger partial charge is 0.370 e. The number of benzene rings is 2. The highest BCUT2D eigenvalue weighted by Crippen LogP contribution is 2.38. The van der Waals surface area contributed by atoms with Crippen molar-refractivity contribution in [3.05, 3.63) is 71.6 Å². The van der Waals surface area contributed by atoms with Crippen LogP contribution in [0.3, 0.4) is 0 Å². The topological polar surface area (TPSA) is 71.8 Å². The Kier molecular flexibility index (Phi) is 6.98. The van der Waals surface area contributed by atoms with Crippen LogP contribution in [0.25, 0.3) is 21.3 Å². The lowest BCUT2D eigenvalue weighted by Crippen LogP contribution is -3.12. The molecule has 2 aromatic carbocycles. The first-order valence-corrected chi connectivity index (χ1v) is 12.5. The molecule has 0 bridgehead atoms. The zero-order chi connectivity index (χ0) is 24.2. The Morgan fingerprint density at radius 3 is 2.71 bits per heavy atom. The number of anilines is 2. The summed E-state index contributed by atoms with van der Waals surface area (Å²) in [6.07, 6.45) is 0. The summed E-state index contributed by atoms with van der Waals surface area (Å²) < 4.78 is 19.0. The summed E-state index contributed by atoms with van der Waals surface area (Å²) in [5, 5.41) is 5.81. The molecule has 0 aliphatic carbocycles. The normalized spacial score (nSPS) is 14.2. The molecule has 9 heteroatoms. The fourth-order valence-corrected chi connectivity index (χ4v) is 5.23.